The Bertz CT molecular complexity index is 786. The van der Waals surface area contributed by atoms with Crippen molar-refractivity contribution in [2.24, 2.45) is 0 Å². The number of fused-ring (bicyclic) bond motifs is 1. The first-order chi connectivity index (χ1) is 9.91. The average Bonchev–Trinajstić information content (AvgIpc) is 2.87. The van der Waals surface area contributed by atoms with Gasteiger partial charge in [0.2, 0.25) is 10.0 Å². The molecule has 7 heteroatoms. The van der Waals surface area contributed by atoms with E-state index in [4.69, 9.17) is 0 Å². The van der Waals surface area contributed by atoms with E-state index in [-0.39, 0.29) is 6.04 Å². The van der Waals surface area contributed by atoms with Gasteiger partial charge in [-0.2, -0.15) is 4.31 Å². The highest BCUT2D eigenvalue weighted by atomic mass is 32.2. The number of halogens is 2. The molecule has 1 aromatic heterocycles. The smallest absolute Gasteiger partial charge is 0.207 e. The van der Waals surface area contributed by atoms with Crippen molar-refractivity contribution in [1.82, 2.24) is 4.31 Å². The fourth-order valence-corrected chi connectivity index (χ4v) is 5.25. The predicted octanol–water partition coefficient (Wildman–Crippen LogP) is 3.33. The topological polar surface area (TPSA) is 37.4 Å². The van der Waals surface area contributed by atoms with Crippen LogP contribution >= 0.6 is 11.3 Å². The van der Waals surface area contributed by atoms with Crippen LogP contribution in [0.1, 0.15) is 23.4 Å². The van der Waals surface area contributed by atoms with Gasteiger partial charge in [-0.05, 0) is 42.5 Å². The Hall–Kier alpha value is -1.31. The summed E-state index contributed by atoms with van der Waals surface area (Å²) in [5, 5.41) is 1.93. The number of sulfonamides is 1. The molecular formula is C14H13F2NO2S2. The van der Waals surface area contributed by atoms with Gasteiger partial charge in [-0.25, -0.2) is 17.2 Å². The molecule has 1 unspecified atom stereocenters. The molecule has 0 radical (unpaired) electrons. The highest BCUT2D eigenvalue weighted by molar-refractivity contribution is 7.89. The Morgan fingerprint density at radius 3 is 2.76 bits per heavy atom. The summed E-state index contributed by atoms with van der Waals surface area (Å²) in [5.41, 5.74) is 0.956. The summed E-state index contributed by atoms with van der Waals surface area (Å²) in [4.78, 5) is 0.683. The second kappa shape index (κ2) is 5.15. The van der Waals surface area contributed by atoms with E-state index in [1.165, 1.54) is 4.31 Å². The van der Waals surface area contributed by atoms with Crippen molar-refractivity contribution < 1.29 is 17.2 Å². The molecule has 3 rings (SSSR count). The normalized spacial score (nSPS) is 19.5. The average molecular weight is 329 g/mol. The Morgan fingerprint density at radius 1 is 1.29 bits per heavy atom. The summed E-state index contributed by atoms with van der Waals surface area (Å²) < 4.78 is 53.3. The Balaban J connectivity index is 2.03. The van der Waals surface area contributed by atoms with E-state index in [2.05, 4.69) is 0 Å². The molecule has 1 aromatic carbocycles. The molecule has 3 nitrogen and oxygen atoms in total. The highest BCUT2D eigenvalue weighted by Gasteiger charge is 2.35. The third kappa shape index (κ3) is 2.39. The van der Waals surface area contributed by atoms with Crippen LogP contribution < -0.4 is 0 Å². The molecule has 112 valence electrons. The van der Waals surface area contributed by atoms with Gasteiger partial charge in [0.05, 0.1) is 0 Å². The maximum absolute atomic E-state index is 13.8. The Morgan fingerprint density at radius 2 is 2.05 bits per heavy atom. The van der Waals surface area contributed by atoms with Gasteiger partial charge >= 0.3 is 0 Å². The zero-order chi connectivity index (χ0) is 15.2. The second-order valence-corrected chi connectivity index (χ2v) is 7.78. The van der Waals surface area contributed by atoms with Crippen molar-refractivity contribution in [3.8, 4) is 0 Å². The first-order valence-electron chi connectivity index (χ1n) is 6.44. The van der Waals surface area contributed by atoms with Crippen molar-refractivity contribution in [1.29, 1.82) is 0 Å². The van der Waals surface area contributed by atoms with E-state index in [0.717, 1.165) is 22.6 Å². The molecule has 0 N–H and O–H groups in total. The van der Waals surface area contributed by atoms with Gasteiger partial charge in [-0.3, -0.25) is 0 Å². The molecule has 1 atom stereocenters. The van der Waals surface area contributed by atoms with Crippen LogP contribution in [0.5, 0.6) is 0 Å². The summed E-state index contributed by atoms with van der Waals surface area (Å²) in [5.74, 6) is -1.85. The first-order valence-corrected chi connectivity index (χ1v) is 8.76. The highest BCUT2D eigenvalue weighted by Crippen LogP contribution is 2.36. The van der Waals surface area contributed by atoms with Gasteiger partial charge in [0.1, 0.15) is 16.5 Å². The first kappa shape index (κ1) is 14.6. The molecule has 1 aliphatic heterocycles. The van der Waals surface area contributed by atoms with Crippen LogP contribution in [0.15, 0.2) is 34.5 Å². The third-order valence-corrected chi connectivity index (χ3v) is 6.70. The molecule has 0 aliphatic carbocycles. The minimum absolute atomic E-state index is 0.299. The summed E-state index contributed by atoms with van der Waals surface area (Å²) in [6.07, 6.45) is 0.610. The standard InChI is InChI=1S/C14H13F2NO2S2/c1-9-11-5-7-20-13(11)4-6-17(9)21(18,19)14-3-2-10(15)8-12(14)16/h2-3,5,7-9H,4,6H2,1H3. The predicted molar refractivity (Wildman–Crippen MR) is 76.7 cm³/mol. The minimum Gasteiger partial charge on any atom is -0.207 e. The lowest BCUT2D eigenvalue weighted by Crippen LogP contribution is -2.38. The van der Waals surface area contributed by atoms with E-state index < -0.39 is 26.6 Å². The van der Waals surface area contributed by atoms with Crippen LogP contribution in [0.4, 0.5) is 8.78 Å². The molecule has 0 amide bonds. The Kier molecular flexibility index (Phi) is 3.59. The molecular weight excluding hydrogens is 316 g/mol. The van der Waals surface area contributed by atoms with E-state index in [0.29, 0.717) is 19.0 Å². The van der Waals surface area contributed by atoms with E-state index in [1.54, 1.807) is 18.3 Å². The Labute approximate surface area is 125 Å². The van der Waals surface area contributed by atoms with Gasteiger partial charge in [0.25, 0.3) is 0 Å². The van der Waals surface area contributed by atoms with Gasteiger partial charge in [0, 0.05) is 23.5 Å². The fraction of sp³-hybridized carbons (Fsp3) is 0.286. The molecule has 2 heterocycles. The lowest BCUT2D eigenvalue weighted by Gasteiger charge is -2.32. The lowest BCUT2D eigenvalue weighted by molar-refractivity contribution is 0.327. The summed E-state index contributed by atoms with van der Waals surface area (Å²) >= 11 is 1.60. The summed E-state index contributed by atoms with van der Waals surface area (Å²) in [6.45, 7) is 2.08. The lowest BCUT2D eigenvalue weighted by atomic mass is 10.0. The van der Waals surface area contributed by atoms with Crippen LogP contribution in [0.3, 0.4) is 0 Å². The number of benzene rings is 1. The van der Waals surface area contributed by atoms with Crippen LogP contribution in [0.2, 0.25) is 0 Å². The molecule has 0 bridgehead atoms. The van der Waals surface area contributed by atoms with Gasteiger partial charge in [-0.15, -0.1) is 11.3 Å². The third-order valence-electron chi connectivity index (χ3n) is 3.70. The van der Waals surface area contributed by atoms with Crippen molar-refractivity contribution in [2.75, 3.05) is 6.54 Å². The van der Waals surface area contributed by atoms with Gasteiger partial charge in [-0.1, -0.05) is 0 Å². The van der Waals surface area contributed by atoms with Crippen molar-refractivity contribution in [3.63, 3.8) is 0 Å². The monoisotopic (exact) mass is 329 g/mol. The van der Waals surface area contributed by atoms with Crippen LogP contribution in [-0.2, 0) is 16.4 Å². The van der Waals surface area contributed by atoms with E-state index in [9.17, 15) is 17.2 Å². The minimum atomic E-state index is -3.98. The van der Waals surface area contributed by atoms with Crippen molar-refractivity contribution in [3.05, 3.63) is 51.7 Å². The summed E-state index contributed by atoms with van der Waals surface area (Å²) in [6, 6.07) is 4.08. The zero-order valence-corrected chi connectivity index (χ0v) is 12.8. The number of hydrogen-bond donors (Lipinski definition) is 0. The van der Waals surface area contributed by atoms with Gasteiger partial charge < -0.3 is 0 Å². The number of rotatable bonds is 2. The quantitative estimate of drug-likeness (QED) is 0.847. The molecule has 1 aliphatic rings. The molecule has 0 saturated heterocycles. The van der Waals surface area contributed by atoms with E-state index in [1.807, 2.05) is 11.4 Å². The second-order valence-electron chi connectivity index (χ2n) is 4.92. The molecule has 21 heavy (non-hydrogen) atoms. The van der Waals surface area contributed by atoms with E-state index >= 15 is 0 Å². The molecule has 0 fully saturated rings. The number of thiophene rings is 1. The fourth-order valence-electron chi connectivity index (χ4n) is 2.63. The van der Waals surface area contributed by atoms with Gasteiger partial charge in [0.15, 0.2) is 0 Å². The SMILES string of the molecule is CC1c2ccsc2CCN1S(=O)(=O)c1ccc(F)cc1F. The molecule has 0 saturated carbocycles. The maximum Gasteiger partial charge on any atom is 0.246 e. The van der Waals surface area contributed by atoms with Crippen molar-refractivity contribution in [2.45, 2.75) is 24.3 Å². The molecule has 2 aromatic rings. The maximum atomic E-state index is 13.8. The molecule has 0 spiro atoms. The van der Waals surface area contributed by atoms with Crippen LogP contribution in [0.25, 0.3) is 0 Å². The number of hydrogen-bond acceptors (Lipinski definition) is 3. The van der Waals surface area contributed by atoms with Crippen LogP contribution in [-0.4, -0.2) is 19.3 Å². The zero-order valence-electron chi connectivity index (χ0n) is 11.2. The van der Waals surface area contributed by atoms with Crippen LogP contribution in [0, 0.1) is 11.6 Å². The number of nitrogens with zero attached hydrogens (tertiary/aromatic N) is 1. The summed E-state index contributed by atoms with van der Waals surface area (Å²) in [7, 11) is -3.98. The largest absolute Gasteiger partial charge is 0.246 e. The van der Waals surface area contributed by atoms with Crippen molar-refractivity contribution >= 4 is 21.4 Å².